The second-order valence-corrected chi connectivity index (χ2v) is 6.81. The molecule has 5 nitrogen and oxygen atoms in total. The lowest BCUT2D eigenvalue weighted by molar-refractivity contribution is 0.687. The van der Waals surface area contributed by atoms with Crippen LogP contribution in [0.3, 0.4) is 0 Å². The van der Waals surface area contributed by atoms with Gasteiger partial charge in [0.15, 0.2) is 5.11 Å². The molecule has 2 N–H and O–H groups in total. The molecule has 0 aliphatic heterocycles. The van der Waals surface area contributed by atoms with Crippen LogP contribution in [0, 0.1) is 0 Å². The fraction of sp³-hybridized carbons (Fsp3) is 0.167. The van der Waals surface area contributed by atoms with Crippen molar-refractivity contribution < 1.29 is 0 Å². The lowest BCUT2D eigenvalue weighted by Crippen LogP contribution is -2.30. The van der Waals surface area contributed by atoms with Crippen LogP contribution in [-0.2, 0) is 13.0 Å². The number of hydrogen-bond donors (Lipinski definition) is 2. The zero-order valence-electron chi connectivity index (χ0n) is 13.8. The van der Waals surface area contributed by atoms with Crippen molar-refractivity contribution in [2.24, 2.45) is 0 Å². The summed E-state index contributed by atoms with van der Waals surface area (Å²) in [6.07, 6.45) is 2.49. The van der Waals surface area contributed by atoms with E-state index in [4.69, 9.17) is 35.4 Å². The first-order chi connectivity index (χ1) is 12.6. The highest BCUT2D eigenvalue weighted by Gasteiger charge is 2.09. The van der Waals surface area contributed by atoms with Gasteiger partial charge in [-0.3, -0.25) is 5.32 Å². The van der Waals surface area contributed by atoms with Crippen LogP contribution >= 0.6 is 35.4 Å². The summed E-state index contributed by atoms with van der Waals surface area (Å²) in [4.78, 5) is 4.20. The van der Waals surface area contributed by atoms with Crippen LogP contribution in [0.4, 0.5) is 5.95 Å². The molecule has 0 unspecified atom stereocenters. The van der Waals surface area contributed by atoms with Crippen molar-refractivity contribution in [1.82, 2.24) is 20.1 Å². The summed E-state index contributed by atoms with van der Waals surface area (Å²) < 4.78 is 1.65. The number of aromatic nitrogens is 3. The highest BCUT2D eigenvalue weighted by Crippen LogP contribution is 2.24. The van der Waals surface area contributed by atoms with Gasteiger partial charge >= 0.3 is 0 Å². The Bertz CT molecular complexity index is 862. The number of thiocarbonyl (C=S) groups is 1. The van der Waals surface area contributed by atoms with Crippen molar-refractivity contribution in [3.05, 3.63) is 76.0 Å². The molecular formula is C18H17Cl2N5S. The predicted octanol–water partition coefficient (Wildman–Crippen LogP) is 4.16. The fourth-order valence-electron chi connectivity index (χ4n) is 2.38. The molecule has 0 spiro atoms. The Balaban J connectivity index is 1.51. The second-order valence-electron chi connectivity index (χ2n) is 5.58. The van der Waals surface area contributed by atoms with Crippen LogP contribution < -0.4 is 10.6 Å². The van der Waals surface area contributed by atoms with Crippen molar-refractivity contribution in [2.45, 2.75) is 13.0 Å². The minimum atomic E-state index is 0.422. The van der Waals surface area contributed by atoms with E-state index in [2.05, 4.69) is 32.8 Å². The van der Waals surface area contributed by atoms with E-state index in [1.165, 1.54) is 5.56 Å². The van der Waals surface area contributed by atoms with Crippen LogP contribution in [0.1, 0.15) is 11.1 Å². The summed E-state index contributed by atoms with van der Waals surface area (Å²) in [7, 11) is 0. The molecule has 1 aromatic heterocycles. The summed E-state index contributed by atoms with van der Waals surface area (Å²) in [6.45, 7) is 1.16. The molecule has 0 aliphatic carbocycles. The molecule has 0 bridgehead atoms. The molecule has 0 aliphatic rings. The highest BCUT2D eigenvalue weighted by molar-refractivity contribution is 7.80. The largest absolute Gasteiger partial charge is 0.362 e. The maximum Gasteiger partial charge on any atom is 0.248 e. The summed E-state index contributed by atoms with van der Waals surface area (Å²) in [5.41, 5.74) is 2.05. The molecule has 2 aromatic carbocycles. The summed E-state index contributed by atoms with van der Waals surface area (Å²) >= 11 is 17.7. The van der Waals surface area contributed by atoms with Gasteiger partial charge in [0.25, 0.3) is 0 Å². The Morgan fingerprint density at radius 1 is 1.04 bits per heavy atom. The lowest BCUT2D eigenvalue weighted by atomic mass is 10.1. The van der Waals surface area contributed by atoms with Crippen LogP contribution in [0.5, 0.6) is 0 Å². The van der Waals surface area contributed by atoms with Crippen molar-refractivity contribution in [2.75, 3.05) is 11.9 Å². The Hall–Kier alpha value is -2.15. The highest BCUT2D eigenvalue weighted by atomic mass is 35.5. The smallest absolute Gasteiger partial charge is 0.248 e. The Kier molecular flexibility index (Phi) is 6.44. The Morgan fingerprint density at radius 2 is 1.77 bits per heavy atom. The van der Waals surface area contributed by atoms with Gasteiger partial charge in [-0.2, -0.15) is 0 Å². The zero-order chi connectivity index (χ0) is 18.4. The number of anilines is 1. The van der Waals surface area contributed by atoms with Crippen molar-refractivity contribution in [1.29, 1.82) is 0 Å². The van der Waals surface area contributed by atoms with E-state index in [1.807, 2.05) is 24.3 Å². The van der Waals surface area contributed by atoms with E-state index in [0.717, 1.165) is 18.5 Å². The second kappa shape index (κ2) is 8.98. The topological polar surface area (TPSA) is 54.8 Å². The first-order valence-electron chi connectivity index (χ1n) is 8.03. The van der Waals surface area contributed by atoms with Gasteiger partial charge in [0.2, 0.25) is 5.95 Å². The van der Waals surface area contributed by atoms with Crippen molar-refractivity contribution in [3.63, 3.8) is 0 Å². The monoisotopic (exact) mass is 405 g/mol. The number of rotatable bonds is 6. The maximum atomic E-state index is 6.19. The van der Waals surface area contributed by atoms with Crippen LogP contribution in [0.15, 0.2) is 54.9 Å². The van der Waals surface area contributed by atoms with Gasteiger partial charge in [-0.1, -0.05) is 59.6 Å². The summed E-state index contributed by atoms with van der Waals surface area (Å²) in [5.74, 6) is 0.422. The van der Waals surface area contributed by atoms with Gasteiger partial charge in [0, 0.05) is 22.2 Å². The van der Waals surface area contributed by atoms with Crippen LogP contribution in [0.25, 0.3) is 0 Å². The van der Waals surface area contributed by atoms with Crippen LogP contribution in [0.2, 0.25) is 10.0 Å². The minimum absolute atomic E-state index is 0.422. The third-order valence-electron chi connectivity index (χ3n) is 3.69. The number of halogens is 2. The van der Waals surface area contributed by atoms with E-state index >= 15 is 0 Å². The molecule has 3 aromatic rings. The summed E-state index contributed by atoms with van der Waals surface area (Å²) in [6, 6.07) is 15.6. The Labute approximate surface area is 167 Å². The Morgan fingerprint density at radius 3 is 2.50 bits per heavy atom. The summed E-state index contributed by atoms with van der Waals surface area (Å²) in [5, 5.41) is 12.1. The minimum Gasteiger partial charge on any atom is -0.362 e. The fourth-order valence-corrected chi connectivity index (χ4v) is 3.09. The van der Waals surface area contributed by atoms with Gasteiger partial charge in [-0.25, -0.2) is 9.67 Å². The van der Waals surface area contributed by atoms with E-state index < -0.39 is 0 Å². The molecule has 26 heavy (non-hydrogen) atoms. The van der Waals surface area contributed by atoms with Gasteiger partial charge in [-0.15, -0.1) is 5.10 Å². The van der Waals surface area contributed by atoms with E-state index in [9.17, 15) is 0 Å². The molecule has 0 fully saturated rings. The third-order valence-corrected chi connectivity index (χ3v) is 4.64. The van der Waals surface area contributed by atoms with Crippen molar-refractivity contribution in [3.8, 4) is 0 Å². The molecule has 0 saturated carbocycles. The van der Waals surface area contributed by atoms with Gasteiger partial charge in [-0.05, 0) is 36.3 Å². The zero-order valence-corrected chi connectivity index (χ0v) is 16.2. The van der Waals surface area contributed by atoms with E-state index in [0.29, 0.717) is 27.7 Å². The number of nitrogens with one attached hydrogen (secondary N) is 2. The molecule has 1 heterocycles. The number of hydrogen-bond acceptors (Lipinski definition) is 3. The average Bonchev–Trinajstić information content (AvgIpc) is 3.06. The van der Waals surface area contributed by atoms with E-state index in [-0.39, 0.29) is 0 Å². The number of benzene rings is 2. The van der Waals surface area contributed by atoms with Gasteiger partial charge in [0.1, 0.15) is 6.33 Å². The first-order valence-corrected chi connectivity index (χ1v) is 9.19. The molecule has 0 saturated heterocycles. The quantitative estimate of drug-likeness (QED) is 0.602. The molecule has 134 valence electrons. The first kappa shape index (κ1) is 18.6. The van der Waals surface area contributed by atoms with Gasteiger partial charge < -0.3 is 5.32 Å². The molecular weight excluding hydrogens is 389 g/mol. The van der Waals surface area contributed by atoms with Gasteiger partial charge in [0.05, 0.1) is 6.54 Å². The number of nitrogens with zero attached hydrogens (tertiary/aromatic N) is 3. The normalized spacial score (nSPS) is 10.5. The average molecular weight is 406 g/mol. The van der Waals surface area contributed by atoms with E-state index in [1.54, 1.807) is 23.1 Å². The molecule has 8 heteroatoms. The molecule has 3 rings (SSSR count). The molecule has 0 radical (unpaired) electrons. The molecule has 0 amide bonds. The lowest BCUT2D eigenvalue weighted by Gasteiger charge is -2.08. The SMILES string of the molecule is S=C(NCCc1ccccc1)Nc1ncn(Cc2c(Cl)cccc2Cl)n1. The molecule has 0 atom stereocenters. The standard InChI is InChI=1S/C18H17Cl2N5S/c19-15-7-4-8-16(20)14(15)11-25-12-22-17(24-25)23-18(26)21-10-9-13-5-2-1-3-6-13/h1-8,12H,9-11H2,(H2,21,23,24,26). The predicted molar refractivity (Wildman–Crippen MR) is 110 cm³/mol. The maximum absolute atomic E-state index is 6.19. The van der Waals surface area contributed by atoms with Crippen molar-refractivity contribution >= 4 is 46.5 Å². The van der Waals surface area contributed by atoms with Crippen LogP contribution in [-0.4, -0.2) is 26.4 Å². The third kappa shape index (κ3) is 5.17.